The summed E-state index contributed by atoms with van der Waals surface area (Å²) in [6.07, 6.45) is -21.0. The summed E-state index contributed by atoms with van der Waals surface area (Å²) in [7, 11) is 0. The number of hydrogen-bond donors (Lipinski definition) is 0. The van der Waals surface area contributed by atoms with Crippen LogP contribution < -0.4 is 0 Å². The Bertz CT molecular complexity index is 4190. The van der Waals surface area contributed by atoms with Crippen LogP contribution in [0.25, 0.3) is 118 Å². The highest BCUT2D eigenvalue weighted by Gasteiger charge is 2.40. The molecule has 18 heteroatoms. The molecule has 0 saturated heterocycles. The highest BCUT2D eigenvalue weighted by molar-refractivity contribution is 6.12. The van der Waals surface area contributed by atoms with Gasteiger partial charge in [-0.2, -0.15) is 57.9 Å². The molecular formula is C67H36F12N6. The molecule has 0 aliphatic heterocycles. The van der Waals surface area contributed by atoms with Gasteiger partial charge in [0.25, 0.3) is 0 Å². The lowest BCUT2D eigenvalue weighted by molar-refractivity contribution is -0.144. The Morgan fingerprint density at radius 1 is 0.318 bits per heavy atom. The molecule has 0 spiro atoms. The topological polar surface area (TPSA) is 80.3 Å². The smallest absolute Gasteiger partial charge is 0.308 e. The predicted molar refractivity (Wildman–Crippen MR) is 300 cm³/mol. The summed E-state index contributed by atoms with van der Waals surface area (Å²) in [4.78, 5) is 20.2. The highest BCUT2D eigenvalue weighted by Crippen LogP contribution is 2.48. The molecule has 12 rings (SSSR count). The minimum Gasteiger partial charge on any atom is -0.308 e. The summed E-state index contributed by atoms with van der Waals surface area (Å²) in [5.74, 6) is 0.393. The monoisotopic (exact) mass is 1150 g/mol. The molecule has 12 aromatic rings. The molecule has 0 amide bonds. The molecule has 0 aliphatic rings. The van der Waals surface area contributed by atoms with Crippen LogP contribution >= 0.6 is 0 Å². The molecule has 0 unspecified atom stereocenters. The van der Waals surface area contributed by atoms with Crippen LogP contribution in [0.3, 0.4) is 0 Å². The van der Waals surface area contributed by atoms with Crippen molar-refractivity contribution in [2.75, 3.05) is 0 Å². The predicted octanol–water partition coefficient (Wildman–Crippen LogP) is 19.6. The molecule has 9 aromatic carbocycles. The molecule has 0 atom stereocenters. The second kappa shape index (κ2) is 21.1. The first-order valence-electron chi connectivity index (χ1n) is 25.9. The van der Waals surface area contributed by atoms with E-state index in [9.17, 15) is 31.6 Å². The molecular weight excluding hydrogens is 1120 g/mol. The summed E-state index contributed by atoms with van der Waals surface area (Å²) in [5.41, 5.74) is -4.33. The summed E-state index contributed by atoms with van der Waals surface area (Å²) in [6.45, 7) is 0. The standard InChI is InChI=1S/C67H36F12N6/c68-64(69,70)45-23-27-47(53(33-45)66(74,75)76)43-21-25-49-50-26-22-44(48-28-24-46(65(71,72)73)34-54(48)67(77,78)79)32-60(50)85(59(49)31-43)61-51(57-35-55(39-13-5-1-6-14-39)81-62(83-57)41-17-9-3-10-18-41)29-38(37-80)30-52(61)58-36-56(40-15-7-2-8-16-40)82-63(84-58)42-19-11-4-12-20-42/h1-36H. The van der Waals surface area contributed by atoms with Crippen molar-refractivity contribution in [3.8, 4) is 102 Å². The number of fused-ring (bicyclic) bond motifs is 3. The van der Waals surface area contributed by atoms with E-state index in [1.807, 2.05) is 0 Å². The summed E-state index contributed by atoms with van der Waals surface area (Å²) in [5, 5.41) is 11.6. The third-order valence-corrected chi connectivity index (χ3v) is 14.4. The number of benzene rings is 9. The van der Waals surface area contributed by atoms with Gasteiger partial charge in [-0.05, 0) is 82.9 Å². The normalized spacial score (nSPS) is 12.2. The first-order chi connectivity index (χ1) is 40.6. The lowest BCUT2D eigenvalue weighted by atomic mass is 9.95. The first kappa shape index (κ1) is 55.1. The zero-order chi connectivity index (χ0) is 59.6. The molecule has 3 heterocycles. The fraction of sp³-hybridized carbons (Fsp3) is 0.0597. The number of nitrogens with zero attached hydrogens (tertiary/aromatic N) is 6. The average molecular weight is 1150 g/mol. The lowest BCUT2D eigenvalue weighted by Gasteiger charge is -2.21. The first-order valence-corrected chi connectivity index (χ1v) is 25.9. The number of halogens is 12. The van der Waals surface area contributed by atoms with Crippen LogP contribution in [-0.4, -0.2) is 24.5 Å². The van der Waals surface area contributed by atoms with Crippen LogP contribution in [0, 0.1) is 11.3 Å². The lowest BCUT2D eigenvalue weighted by Crippen LogP contribution is -2.12. The molecule has 6 nitrogen and oxygen atoms in total. The fourth-order valence-electron chi connectivity index (χ4n) is 10.5. The van der Waals surface area contributed by atoms with Crippen molar-refractivity contribution in [3.63, 3.8) is 0 Å². The van der Waals surface area contributed by atoms with Crippen molar-refractivity contribution in [3.05, 3.63) is 246 Å². The maximum atomic E-state index is 15.1. The van der Waals surface area contributed by atoms with E-state index in [-0.39, 0.29) is 90.5 Å². The molecule has 85 heavy (non-hydrogen) atoms. The second-order valence-electron chi connectivity index (χ2n) is 19.7. The Kier molecular flexibility index (Phi) is 13.7. The second-order valence-corrected chi connectivity index (χ2v) is 19.7. The third kappa shape index (κ3) is 10.7. The molecule has 418 valence electrons. The molecule has 0 radical (unpaired) electrons. The van der Waals surface area contributed by atoms with E-state index in [0.717, 1.165) is 0 Å². The third-order valence-electron chi connectivity index (χ3n) is 14.4. The van der Waals surface area contributed by atoms with E-state index in [4.69, 9.17) is 19.9 Å². The summed E-state index contributed by atoms with van der Waals surface area (Å²) < 4.78 is 177. The molecule has 0 saturated carbocycles. The van der Waals surface area contributed by atoms with Crippen LogP contribution in [0.5, 0.6) is 0 Å². The maximum Gasteiger partial charge on any atom is 0.417 e. The van der Waals surface area contributed by atoms with E-state index >= 15 is 26.3 Å². The van der Waals surface area contributed by atoms with Crippen molar-refractivity contribution in [1.29, 1.82) is 5.26 Å². The van der Waals surface area contributed by atoms with Crippen molar-refractivity contribution in [2.24, 2.45) is 0 Å². The van der Waals surface area contributed by atoms with Crippen LogP contribution in [0.4, 0.5) is 52.7 Å². The van der Waals surface area contributed by atoms with Crippen LogP contribution in [0.15, 0.2) is 218 Å². The van der Waals surface area contributed by atoms with Gasteiger partial charge in [-0.1, -0.05) is 158 Å². The van der Waals surface area contributed by atoms with Gasteiger partial charge in [-0.3, -0.25) is 0 Å². The fourth-order valence-corrected chi connectivity index (χ4v) is 10.5. The Balaban J connectivity index is 1.28. The van der Waals surface area contributed by atoms with Gasteiger partial charge in [0, 0.05) is 44.2 Å². The minimum atomic E-state index is -5.33. The highest BCUT2D eigenvalue weighted by atomic mass is 19.4. The van der Waals surface area contributed by atoms with Crippen molar-refractivity contribution in [1.82, 2.24) is 24.5 Å². The van der Waals surface area contributed by atoms with E-state index < -0.39 is 58.1 Å². The molecule has 3 aromatic heterocycles. The zero-order valence-electron chi connectivity index (χ0n) is 43.5. The van der Waals surface area contributed by atoms with E-state index in [0.29, 0.717) is 57.9 Å². The van der Waals surface area contributed by atoms with Gasteiger partial charge in [-0.15, -0.1) is 0 Å². The number of hydrogen-bond acceptors (Lipinski definition) is 5. The van der Waals surface area contributed by atoms with E-state index in [2.05, 4.69) is 6.07 Å². The Hall–Kier alpha value is -10.4. The van der Waals surface area contributed by atoms with Gasteiger partial charge >= 0.3 is 24.7 Å². The van der Waals surface area contributed by atoms with Gasteiger partial charge in [0.1, 0.15) is 0 Å². The molecule has 0 bridgehead atoms. The van der Waals surface area contributed by atoms with Crippen LogP contribution in [0.1, 0.15) is 27.8 Å². The number of rotatable bonds is 9. The summed E-state index contributed by atoms with van der Waals surface area (Å²) in [6, 6.07) is 54.7. The average Bonchev–Trinajstić information content (AvgIpc) is 1.72. The van der Waals surface area contributed by atoms with Gasteiger partial charge in [0.15, 0.2) is 11.6 Å². The number of alkyl halides is 12. The number of nitriles is 1. The molecule has 0 fully saturated rings. The van der Waals surface area contributed by atoms with Crippen molar-refractivity contribution in [2.45, 2.75) is 24.7 Å². The summed E-state index contributed by atoms with van der Waals surface area (Å²) >= 11 is 0. The van der Waals surface area contributed by atoms with E-state index in [1.165, 1.54) is 53.1 Å². The Morgan fingerprint density at radius 2 is 0.671 bits per heavy atom. The largest absolute Gasteiger partial charge is 0.417 e. The molecule has 0 N–H and O–H groups in total. The molecule has 0 aliphatic carbocycles. The van der Waals surface area contributed by atoms with Crippen LogP contribution in [-0.2, 0) is 24.7 Å². The van der Waals surface area contributed by atoms with Crippen LogP contribution in [0.2, 0.25) is 0 Å². The van der Waals surface area contributed by atoms with Gasteiger partial charge in [0.2, 0.25) is 0 Å². The Morgan fingerprint density at radius 3 is 1.01 bits per heavy atom. The number of aromatic nitrogens is 5. The van der Waals surface area contributed by atoms with E-state index in [1.54, 1.807) is 133 Å². The minimum absolute atomic E-state index is 0.00791. The van der Waals surface area contributed by atoms with Crippen molar-refractivity contribution < 1.29 is 52.7 Å². The zero-order valence-corrected chi connectivity index (χ0v) is 43.5. The maximum absolute atomic E-state index is 15.1. The van der Waals surface area contributed by atoms with Gasteiger partial charge in [-0.25, -0.2) is 19.9 Å². The quantitative estimate of drug-likeness (QED) is 0.135. The Labute approximate surface area is 475 Å². The SMILES string of the molecule is N#Cc1cc(-c2cc(-c3ccccc3)nc(-c3ccccc3)n2)c(-n2c3cc(-c4ccc(C(F)(F)F)cc4C(F)(F)F)ccc3c3ccc(-c4ccc(C(F)(F)F)cc4C(F)(F)F)cc32)c(-c2cc(-c3ccccc3)nc(-c3ccccc3)n2)c1. The van der Waals surface area contributed by atoms with Gasteiger partial charge < -0.3 is 4.57 Å². The van der Waals surface area contributed by atoms with Crippen molar-refractivity contribution >= 4 is 21.8 Å². The van der Waals surface area contributed by atoms with Gasteiger partial charge in [0.05, 0.1) is 73.4 Å².